The fourth-order valence-corrected chi connectivity index (χ4v) is 1.41. The molecule has 6 heteroatoms. The van der Waals surface area contributed by atoms with Gasteiger partial charge in [0.25, 0.3) is 0 Å². The van der Waals surface area contributed by atoms with Gasteiger partial charge in [0.05, 0.1) is 6.61 Å². The van der Waals surface area contributed by atoms with Crippen LogP contribution in [0.1, 0.15) is 25.5 Å². The van der Waals surface area contributed by atoms with Crippen molar-refractivity contribution in [3.63, 3.8) is 0 Å². The van der Waals surface area contributed by atoms with Gasteiger partial charge < -0.3 is 19.1 Å². The van der Waals surface area contributed by atoms with Crippen molar-refractivity contribution in [1.29, 1.82) is 0 Å². The van der Waals surface area contributed by atoms with Crippen molar-refractivity contribution in [2.24, 2.45) is 0 Å². The molecule has 0 aliphatic carbocycles. The van der Waals surface area contributed by atoms with E-state index in [1.807, 2.05) is 18.4 Å². The summed E-state index contributed by atoms with van der Waals surface area (Å²) in [6, 6.07) is 0. The van der Waals surface area contributed by atoms with Gasteiger partial charge in [-0.1, -0.05) is 0 Å². The average Bonchev–Trinajstić information content (AvgIpc) is 2.69. The van der Waals surface area contributed by atoms with E-state index in [9.17, 15) is 0 Å². The van der Waals surface area contributed by atoms with Gasteiger partial charge in [-0.25, -0.2) is 0 Å². The highest BCUT2D eigenvalue weighted by molar-refractivity contribution is 5.03. The van der Waals surface area contributed by atoms with Crippen molar-refractivity contribution < 1.29 is 14.6 Å². The molecule has 92 valence electrons. The quantitative estimate of drug-likeness (QED) is 0.759. The van der Waals surface area contributed by atoms with Crippen LogP contribution in [-0.2, 0) is 28.2 Å². The standard InChI is InChI=1S/C10H19N3O3/c1-10(2,16-4)9-12-11-8(7-14)13(9)5-6-15-3/h14H,5-7H2,1-4H3. The van der Waals surface area contributed by atoms with Crippen LogP contribution in [0.4, 0.5) is 0 Å². The molecule has 0 atom stereocenters. The van der Waals surface area contributed by atoms with Crippen LogP contribution in [0.5, 0.6) is 0 Å². The van der Waals surface area contributed by atoms with Crippen molar-refractivity contribution in [2.45, 2.75) is 32.6 Å². The third-order valence-electron chi connectivity index (χ3n) is 2.54. The minimum atomic E-state index is -0.534. The van der Waals surface area contributed by atoms with Gasteiger partial charge in [0.15, 0.2) is 11.6 Å². The van der Waals surface area contributed by atoms with E-state index >= 15 is 0 Å². The first-order valence-corrected chi connectivity index (χ1v) is 5.14. The second kappa shape index (κ2) is 5.38. The third-order valence-corrected chi connectivity index (χ3v) is 2.54. The molecule has 0 aliphatic rings. The molecule has 1 rings (SSSR count). The normalized spacial score (nSPS) is 12.1. The maximum Gasteiger partial charge on any atom is 0.164 e. The zero-order valence-electron chi connectivity index (χ0n) is 10.2. The predicted octanol–water partition coefficient (Wildman–Crippen LogP) is 0.298. The van der Waals surface area contributed by atoms with E-state index in [0.717, 1.165) is 0 Å². The Morgan fingerprint density at radius 1 is 1.31 bits per heavy atom. The predicted molar refractivity (Wildman–Crippen MR) is 57.9 cm³/mol. The lowest BCUT2D eigenvalue weighted by molar-refractivity contribution is 0.00703. The van der Waals surface area contributed by atoms with Crippen LogP contribution in [0.15, 0.2) is 0 Å². The summed E-state index contributed by atoms with van der Waals surface area (Å²) in [5, 5.41) is 17.1. The van der Waals surface area contributed by atoms with Crippen molar-refractivity contribution in [3.05, 3.63) is 11.6 Å². The van der Waals surface area contributed by atoms with Crippen LogP contribution < -0.4 is 0 Å². The first-order chi connectivity index (χ1) is 7.56. The zero-order valence-corrected chi connectivity index (χ0v) is 10.2. The molecule has 6 nitrogen and oxygen atoms in total. The van der Waals surface area contributed by atoms with E-state index in [4.69, 9.17) is 14.6 Å². The van der Waals surface area contributed by atoms with Gasteiger partial charge in [0.1, 0.15) is 12.2 Å². The summed E-state index contributed by atoms with van der Waals surface area (Å²) in [5.41, 5.74) is -0.534. The van der Waals surface area contributed by atoms with E-state index < -0.39 is 5.60 Å². The lowest BCUT2D eigenvalue weighted by Crippen LogP contribution is -2.26. The SMILES string of the molecule is COCCn1c(CO)nnc1C(C)(C)OC. The van der Waals surface area contributed by atoms with E-state index in [0.29, 0.717) is 24.8 Å². The maximum absolute atomic E-state index is 9.16. The Kier molecular flexibility index (Phi) is 4.40. The topological polar surface area (TPSA) is 69.4 Å². The van der Waals surface area contributed by atoms with Crippen LogP contribution in [0.25, 0.3) is 0 Å². The highest BCUT2D eigenvalue weighted by atomic mass is 16.5. The number of methoxy groups -OCH3 is 2. The maximum atomic E-state index is 9.16. The molecule has 0 aromatic carbocycles. The zero-order chi connectivity index (χ0) is 12.2. The number of hydrogen-bond acceptors (Lipinski definition) is 5. The molecule has 1 aromatic heterocycles. The van der Waals surface area contributed by atoms with Gasteiger partial charge in [0.2, 0.25) is 0 Å². The molecule has 0 spiro atoms. The molecular formula is C10H19N3O3. The number of aliphatic hydroxyl groups is 1. The van der Waals surface area contributed by atoms with Crippen molar-refractivity contribution >= 4 is 0 Å². The monoisotopic (exact) mass is 229 g/mol. The molecule has 0 radical (unpaired) electrons. The molecule has 0 aliphatic heterocycles. The van der Waals surface area contributed by atoms with Crippen LogP contribution in [0.2, 0.25) is 0 Å². The summed E-state index contributed by atoms with van der Waals surface area (Å²) in [4.78, 5) is 0. The summed E-state index contributed by atoms with van der Waals surface area (Å²) < 4.78 is 12.2. The largest absolute Gasteiger partial charge is 0.388 e. The number of aliphatic hydroxyl groups excluding tert-OH is 1. The van der Waals surface area contributed by atoms with E-state index in [1.54, 1.807) is 14.2 Å². The average molecular weight is 229 g/mol. The summed E-state index contributed by atoms with van der Waals surface area (Å²) in [6.07, 6.45) is 0. The first kappa shape index (κ1) is 13.1. The first-order valence-electron chi connectivity index (χ1n) is 5.14. The van der Waals surface area contributed by atoms with Gasteiger partial charge in [-0.3, -0.25) is 0 Å². The molecule has 0 fully saturated rings. The fraction of sp³-hybridized carbons (Fsp3) is 0.800. The third kappa shape index (κ3) is 2.58. The Balaban J connectivity index is 3.04. The smallest absolute Gasteiger partial charge is 0.164 e. The molecule has 0 amide bonds. The molecule has 1 aromatic rings. The molecule has 0 saturated heterocycles. The Hall–Kier alpha value is -0.980. The van der Waals surface area contributed by atoms with E-state index in [-0.39, 0.29) is 6.61 Å². The number of ether oxygens (including phenoxy) is 2. The van der Waals surface area contributed by atoms with Gasteiger partial charge in [0, 0.05) is 20.8 Å². The second-order valence-corrected chi connectivity index (χ2v) is 3.96. The summed E-state index contributed by atoms with van der Waals surface area (Å²) >= 11 is 0. The number of hydrogen-bond donors (Lipinski definition) is 1. The molecule has 0 unspecified atom stereocenters. The fourth-order valence-electron chi connectivity index (χ4n) is 1.41. The van der Waals surface area contributed by atoms with Crippen LogP contribution in [0.3, 0.4) is 0 Å². The molecular weight excluding hydrogens is 210 g/mol. The Morgan fingerprint density at radius 2 is 2.00 bits per heavy atom. The highest BCUT2D eigenvalue weighted by Gasteiger charge is 2.27. The lowest BCUT2D eigenvalue weighted by atomic mass is 10.1. The second-order valence-electron chi connectivity index (χ2n) is 3.96. The van der Waals surface area contributed by atoms with Gasteiger partial charge in [-0.05, 0) is 13.8 Å². The Labute approximate surface area is 95.2 Å². The van der Waals surface area contributed by atoms with E-state index in [1.165, 1.54) is 0 Å². The summed E-state index contributed by atoms with van der Waals surface area (Å²) in [7, 11) is 3.25. The van der Waals surface area contributed by atoms with Crippen molar-refractivity contribution in [2.75, 3.05) is 20.8 Å². The summed E-state index contributed by atoms with van der Waals surface area (Å²) in [5.74, 6) is 1.22. The van der Waals surface area contributed by atoms with Crippen LogP contribution >= 0.6 is 0 Å². The van der Waals surface area contributed by atoms with E-state index in [2.05, 4.69) is 10.2 Å². The lowest BCUT2D eigenvalue weighted by Gasteiger charge is -2.23. The molecule has 1 heterocycles. The number of aromatic nitrogens is 3. The minimum absolute atomic E-state index is 0.142. The van der Waals surface area contributed by atoms with Gasteiger partial charge in [-0.2, -0.15) is 0 Å². The van der Waals surface area contributed by atoms with Gasteiger partial charge in [-0.15, -0.1) is 10.2 Å². The number of nitrogens with zero attached hydrogens (tertiary/aromatic N) is 3. The van der Waals surface area contributed by atoms with Crippen molar-refractivity contribution in [3.8, 4) is 0 Å². The number of rotatable bonds is 6. The summed E-state index contributed by atoms with van der Waals surface area (Å²) in [6.45, 7) is 4.80. The Morgan fingerprint density at radius 3 is 2.50 bits per heavy atom. The van der Waals surface area contributed by atoms with Crippen LogP contribution in [-0.4, -0.2) is 40.7 Å². The highest BCUT2D eigenvalue weighted by Crippen LogP contribution is 2.22. The van der Waals surface area contributed by atoms with Crippen molar-refractivity contribution in [1.82, 2.24) is 14.8 Å². The molecule has 0 saturated carbocycles. The van der Waals surface area contributed by atoms with Gasteiger partial charge >= 0.3 is 0 Å². The minimum Gasteiger partial charge on any atom is -0.388 e. The molecule has 16 heavy (non-hydrogen) atoms. The molecule has 1 N–H and O–H groups in total. The Bertz CT molecular complexity index is 336. The van der Waals surface area contributed by atoms with Crippen LogP contribution in [0, 0.1) is 0 Å². The molecule has 0 bridgehead atoms.